The summed E-state index contributed by atoms with van der Waals surface area (Å²) in [5, 5.41) is 3.10. The Morgan fingerprint density at radius 1 is 1.00 bits per heavy atom. The van der Waals surface area contributed by atoms with Crippen molar-refractivity contribution in [2.75, 3.05) is 19.0 Å². The van der Waals surface area contributed by atoms with E-state index < -0.39 is 0 Å². The maximum atomic E-state index is 5.15. The van der Waals surface area contributed by atoms with E-state index in [1.165, 1.54) is 11.1 Å². The number of hydrogen-bond donors (Lipinski definition) is 1. The SMILES string of the molecule is CCNc1nc(OC)nc(-c2cc(C)c(C)cc2C)n1. The van der Waals surface area contributed by atoms with Crippen LogP contribution in [-0.2, 0) is 0 Å². The molecule has 0 bridgehead atoms. The molecule has 0 radical (unpaired) electrons. The zero-order chi connectivity index (χ0) is 14.7. The lowest BCUT2D eigenvalue weighted by Crippen LogP contribution is -2.07. The second-order valence-electron chi connectivity index (χ2n) is 4.75. The highest BCUT2D eigenvalue weighted by Gasteiger charge is 2.11. The van der Waals surface area contributed by atoms with Crippen molar-refractivity contribution in [1.82, 2.24) is 15.0 Å². The van der Waals surface area contributed by atoms with Crippen LogP contribution in [0.4, 0.5) is 5.95 Å². The van der Waals surface area contributed by atoms with E-state index in [2.05, 4.69) is 53.2 Å². The van der Waals surface area contributed by atoms with Crippen molar-refractivity contribution in [3.63, 3.8) is 0 Å². The van der Waals surface area contributed by atoms with Gasteiger partial charge < -0.3 is 10.1 Å². The molecule has 0 saturated heterocycles. The van der Waals surface area contributed by atoms with Crippen molar-refractivity contribution in [2.24, 2.45) is 0 Å². The Morgan fingerprint density at radius 2 is 1.70 bits per heavy atom. The molecule has 2 aromatic rings. The van der Waals surface area contributed by atoms with Gasteiger partial charge in [0.25, 0.3) is 0 Å². The number of hydrogen-bond acceptors (Lipinski definition) is 5. The Morgan fingerprint density at radius 3 is 2.35 bits per heavy atom. The molecule has 5 heteroatoms. The normalized spacial score (nSPS) is 10.4. The predicted octanol–water partition coefficient (Wildman–Crippen LogP) is 2.90. The minimum Gasteiger partial charge on any atom is -0.467 e. The van der Waals surface area contributed by atoms with Gasteiger partial charge in [-0.25, -0.2) is 0 Å². The number of ether oxygens (including phenoxy) is 1. The minimum absolute atomic E-state index is 0.323. The average molecular weight is 272 g/mol. The average Bonchev–Trinajstić information content (AvgIpc) is 2.42. The quantitative estimate of drug-likeness (QED) is 0.927. The largest absolute Gasteiger partial charge is 0.467 e. The van der Waals surface area contributed by atoms with E-state index in [0.29, 0.717) is 17.8 Å². The fraction of sp³-hybridized carbons (Fsp3) is 0.400. The molecule has 106 valence electrons. The highest BCUT2D eigenvalue weighted by atomic mass is 16.5. The number of rotatable bonds is 4. The molecule has 1 heterocycles. The number of anilines is 1. The van der Waals surface area contributed by atoms with Gasteiger partial charge in [0.15, 0.2) is 5.82 Å². The molecule has 0 unspecified atom stereocenters. The summed E-state index contributed by atoms with van der Waals surface area (Å²) in [6, 6.07) is 4.58. The Kier molecular flexibility index (Phi) is 4.17. The summed E-state index contributed by atoms with van der Waals surface area (Å²) in [5.41, 5.74) is 4.63. The van der Waals surface area contributed by atoms with E-state index >= 15 is 0 Å². The predicted molar refractivity (Wildman–Crippen MR) is 80.2 cm³/mol. The third-order valence-corrected chi connectivity index (χ3v) is 3.21. The van der Waals surface area contributed by atoms with E-state index in [4.69, 9.17) is 4.74 Å². The molecule has 0 aliphatic heterocycles. The third kappa shape index (κ3) is 2.87. The van der Waals surface area contributed by atoms with Crippen LogP contribution < -0.4 is 10.1 Å². The van der Waals surface area contributed by atoms with Crippen LogP contribution in [0.1, 0.15) is 23.6 Å². The van der Waals surface area contributed by atoms with Crippen molar-refractivity contribution in [1.29, 1.82) is 0 Å². The molecule has 5 nitrogen and oxygen atoms in total. The fourth-order valence-corrected chi connectivity index (χ4v) is 2.01. The molecule has 0 amide bonds. The van der Waals surface area contributed by atoms with Crippen molar-refractivity contribution in [2.45, 2.75) is 27.7 Å². The number of benzene rings is 1. The maximum Gasteiger partial charge on any atom is 0.321 e. The zero-order valence-electron chi connectivity index (χ0n) is 12.6. The third-order valence-electron chi connectivity index (χ3n) is 3.21. The maximum absolute atomic E-state index is 5.15. The van der Waals surface area contributed by atoms with Crippen LogP contribution in [0.2, 0.25) is 0 Å². The van der Waals surface area contributed by atoms with Gasteiger partial charge in [0.2, 0.25) is 5.95 Å². The molecule has 0 spiro atoms. The van der Waals surface area contributed by atoms with Crippen molar-refractivity contribution in [3.8, 4) is 17.4 Å². The number of methoxy groups -OCH3 is 1. The smallest absolute Gasteiger partial charge is 0.321 e. The minimum atomic E-state index is 0.323. The van der Waals surface area contributed by atoms with Crippen LogP contribution in [0, 0.1) is 20.8 Å². The Hall–Kier alpha value is -2.17. The zero-order valence-corrected chi connectivity index (χ0v) is 12.6. The first-order valence-corrected chi connectivity index (χ1v) is 6.67. The van der Waals surface area contributed by atoms with E-state index in [0.717, 1.165) is 17.7 Å². The van der Waals surface area contributed by atoms with Crippen LogP contribution in [0.15, 0.2) is 12.1 Å². The summed E-state index contributed by atoms with van der Waals surface area (Å²) in [4.78, 5) is 13.0. The Bertz CT molecular complexity index is 626. The molecule has 0 fully saturated rings. The lowest BCUT2D eigenvalue weighted by atomic mass is 10.0. The molecule has 0 aliphatic carbocycles. The van der Waals surface area contributed by atoms with Gasteiger partial charge in [0, 0.05) is 12.1 Å². The second kappa shape index (κ2) is 5.86. The number of nitrogens with zero attached hydrogens (tertiary/aromatic N) is 3. The topological polar surface area (TPSA) is 59.9 Å². The standard InChI is InChI=1S/C15H20N4O/c1-6-16-14-17-13(18-15(19-14)20-5)12-8-10(3)9(2)7-11(12)4/h7-8H,6H2,1-5H3,(H,16,17,18,19). The molecule has 0 saturated carbocycles. The summed E-state index contributed by atoms with van der Waals surface area (Å²) < 4.78 is 5.15. The lowest BCUT2D eigenvalue weighted by molar-refractivity contribution is 0.379. The van der Waals surface area contributed by atoms with Gasteiger partial charge in [0.1, 0.15) is 0 Å². The molecule has 1 aromatic carbocycles. The summed E-state index contributed by atoms with van der Waals surface area (Å²) in [7, 11) is 1.56. The highest BCUT2D eigenvalue weighted by molar-refractivity contribution is 5.63. The van der Waals surface area contributed by atoms with Gasteiger partial charge in [-0.2, -0.15) is 15.0 Å². The van der Waals surface area contributed by atoms with Crippen LogP contribution >= 0.6 is 0 Å². The van der Waals surface area contributed by atoms with Gasteiger partial charge >= 0.3 is 6.01 Å². The summed E-state index contributed by atoms with van der Waals surface area (Å²) in [5.74, 6) is 1.17. The monoisotopic (exact) mass is 272 g/mol. The van der Waals surface area contributed by atoms with Gasteiger partial charge in [-0.15, -0.1) is 0 Å². The van der Waals surface area contributed by atoms with Crippen molar-refractivity contribution >= 4 is 5.95 Å². The fourth-order valence-electron chi connectivity index (χ4n) is 2.01. The molecule has 1 aromatic heterocycles. The van der Waals surface area contributed by atoms with E-state index in [9.17, 15) is 0 Å². The molecule has 20 heavy (non-hydrogen) atoms. The first kappa shape index (κ1) is 14.2. The van der Waals surface area contributed by atoms with Gasteiger partial charge in [-0.3, -0.25) is 0 Å². The van der Waals surface area contributed by atoms with Crippen LogP contribution in [0.25, 0.3) is 11.4 Å². The summed E-state index contributed by atoms with van der Waals surface area (Å²) in [6.07, 6.45) is 0. The van der Waals surface area contributed by atoms with Gasteiger partial charge in [0.05, 0.1) is 7.11 Å². The summed E-state index contributed by atoms with van der Waals surface area (Å²) >= 11 is 0. The highest BCUT2D eigenvalue weighted by Crippen LogP contribution is 2.25. The Balaban J connectivity index is 2.56. The molecule has 1 N–H and O–H groups in total. The molecular weight excluding hydrogens is 252 g/mol. The Labute approximate surface area is 119 Å². The van der Waals surface area contributed by atoms with Crippen LogP contribution in [-0.4, -0.2) is 28.6 Å². The van der Waals surface area contributed by atoms with Crippen LogP contribution in [0.3, 0.4) is 0 Å². The second-order valence-corrected chi connectivity index (χ2v) is 4.75. The number of aromatic nitrogens is 3. The summed E-state index contributed by atoms with van der Waals surface area (Å²) in [6.45, 7) is 8.99. The lowest BCUT2D eigenvalue weighted by Gasteiger charge is -2.11. The van der Waals surface area contributed by atoms with Crippen molar-refractivity contribution in [3.05, 3.63) is 28.8 Å². The molecule has 2 rings (SSSR count). The first-order chi connectivity index (χ1) is 9.55. The molecule has 0 aliphatic rings. The van der Waals surface area contributed by atoms with Gasteiger partial charge in [-0.05, 0) is 50.5 Å². The van der Waals surface area contributed by atoms with E-state index in [1.807, 2.05) is 6.92 Å². The first-order valence-electron chi connectivity index (χ1n) is 6.67. The van der Waals surface area contributed by atoms with E-state index in [-0.39, 0.29) is 0 Å². The van der Waals surface area contributed by atoms with Gasteiger partial charge in [-0.1, -0.05) is 6.07 Å². The molecular formula is C15H20N4O. The number of nitrogens with one attached hydrogen (secondary N) is 1. The number of aryl methyl sites for hydroxylation is 3. The van der Waals surface area contributed by atoms with Crippen molar-refractivity contribution < 1.29 is 4.74 Å². The van der Waals surface area contributed by atoms with E-state index in [1.54, 1.807) is 7.11 Å². The molecule has 0 atom stereocenters. The van der Waals surface area contributed by atoms with Crippen LogP contribution in [0.5, 0.6) is 6.01 Å².